The molecule has 2 rings (SSSR count). The molecule has 0 aliphatic carbocycles. The number of aromatic nitrogens is 2. The Labute approximate surface area is 117 Å². The second-order valence-corrected chi connectivity index (χ2v) is 4.15. The normalized spacial score (nSPS) is 10.2. The first-order valence-electron chi connectivity index (χ1n) is 6.14. The van der Waals surface area contributed by atoms with Crippen LogP contribution < -0.4 is 14.8 Å². The molecule has 6 heteroatoms. The van der Waals surface area contributed by atoms with Gasteiger partial charge in [0.15, 0.2) is 11.5 Å². The molecule has 20 heavy (non-hydrogen) atoms. The molecule has 1 aromatic carbocycles. The molecule has 0 aliphatic heterocycles. The lowest BCUT2D eigenvalue weighted by atomic mass is 10.2. The van der Waals surface area contributed by atoms with E-state index in [2.05, 4.69) is 15.3 Å². The molecule has 2 N–H and O–H groups in total. The number of nitrogens with one attached hydrogen (secondary N) is 1. The van der Waals surface area contributed by atoms with Crippen molar-refractivity contribution in [2.24, 2.45) is 0 Å². The van der Waals surface area contributed by atoms with Gasteiger partial charge in [0, 0.05) is 7.05 Å². The van der Waals surface area contributed by atoms with E-state index in [9.17, 15) is 0 Å². The van der Waals surface area contributed by atoms with Gasteiger partial charge >= 0.3 is 0 Å². The summed E-state index contributed by atoms with van der Waals surface area (Å²) in [6, 6.07) is 5.24. The molecule has 0 unspecified atom stereocenters. The van der Waals surface area contributed by atoms with E-state index in [0.29, 0.717) is 23.2 Å². The number of ether oxygens (including phenoxy) is 2. The van der Waals surface area contributed by atoms with Crippen LogP contribution in [0.3, 0.4) is 0 Å². The molecular weight excluding hydrogens is 258 g/mol. The topological polar surface area (TPSA) is 76.5 Å². The first-order chi connectivity index (χ1) is 9.69. The van der Waals surface area contributed by atoms with Gasteiger partial charge in [-0.05, 0) is 24.6 Å². The number of nitrogens with zero attached hydrogens (tertiary/aromatic N) is 2. The fourth-order valence-electron chi connectivity index (χ4n) is 1.79. The van der Waals surface area contributed by atoms with Gasteiger partial charge in [0.05, 0.1) is 19.3 Å². The van der Waals surface area contributed by atoms with Crippen LogP contribution in [0.25, 0.3) is 0 Å². The summed E-state index contributed by atoms with van der Waals surface area (Å²) in [4.78, 5) is 8.22. The van der Waals surface area contributed by atoms with Crippen molar-refractivity contribution in [1.29, 1.82) is 0 Å². The van der Waals surface area contributed by atoms with Gasteiger partial charge in [-0.15, -0.1) is 0 Å². The summed E-state index contributed by atoms with van der Waals surface area (Å²) in [7, 11) is 3.34. The number of hydrogen-bond donors (Lipinski definition) is 2. The average molecular weight is 275 g/mol. The molecule has 0 atom stereocenters. The van der Waals surface area contributed by atoms with E-state index in [1.807, 2.05) is 6.92 Å². The van der Waals surface area contributed by atoms with Crippen molar-refractivity contribution in [1.82, 2.24) is 9.97 Å². The van der Waals surface area contributed by atoms with Crippen LogP contribution in [0.5, 0.6) is 17.4 Å². The molecule has 0 bridgehead atoms. The number of benzene rings is 1. The highest BCUT2D eigenvalue weighted by Crippen LogP contribution is 2.33. The number of hydrogen-bond acceptors (Lipinski definition) is 6. The quantitative estimate of drug-likeness (QED) is 0.870. The number of aliphatic hydroxyl groups is 1. The van der Waals surface area contributed by atoms with Gasteiger partial charge < -0.3 is 19.9 Å². The standard InChI is InChI=1S/C14H17N3O3/c1-9-13(15-2)16-8-17-14(9)20-11-5-4-10(7-18)6-12(11)19-3/h4-6,8,18H,7H2,1-3H3,(H,15,16,17). The Bertz CT molecular complexity index is 602. The van der Waals surface area contributed by atoms with E-state index < -0.39 is 0 Å². The fraction of sp³-hybridized carbons (Fsp3) is 0.286. The molecule has 1 aromatic heterocycles. The van der Waals surface area contributed by atoms with Gasteiger partial charge in [-0.2, -0.15) is 0 Å². The Hall–Kier alpha value is -2.34. The number of anilines is 1. The minimum absolute atomic E-state index is 0.0485. The zero-order valence-corrected chi connectivity index (χ0v) is 11.7. The van der Waals surface area contributed by atoms with Crippen molar-refractivity contribution in [2.75, 3.05) is 19.5 Å². The smallest absolute Gasteiger partial charge is 0.227 e. The molecule has 0 saturated carbocycles. The predicted molar refractivity (Wildman–Crippen MR) is 75.3 cm³/mol. The van der Waals surface area contributed by atoms with Crippen molar-refractivity contribution in [3.05, 3.63) is 35.7 Å². The molecule has 0 fully saturated rings. The highest BCUT2D eigenvalue weighted by atomic mass is 16.5. The van der Waals surface area contributed by atoms with E-state index in [1.165, 1.54) is 6.33 Å². The Morgan fingerprint density at radius 2 is 2.05 bits per heavy atom. The summed E-state index contributed by atoms with van der Waals surface area (Å²) in [6.45, 7) is 1.82. The Morgan fingerprint density at radius 3 is 2.70 bits per heavy atom. The molecule has 0 aliphatic rings. The average Bonchev–Trinajstić information content (AvgIpc) is 2.49. The van der Waals surface area contributed by atoms with Crippen LogP contribution in [0.15, 0.2) is 24.5 Å². The molecule has 1 heterocycles. The Balaban J connectivity index is 2.35. The minimum atomic E-state index is -0.0485. The number of methoxy groups -OCH3 is 1. The van der Waals surface area contributed by atoms with Crippen LogP contribution in [0.4, 0.5) is 5.82 Å². The summed E-state index contributed by atoms with van der Waals surface area (Å²) >= 11 is 0. The van der Waals surface area contributed by atoms with Crippen LogP contribution in [-0.4, -0.2) is 29.2 Å². The zero-order valence-electron chi connectivity index (χ0n) is 11.7. The number of aliphatic hydroxyl groups excluding tert-OH is 1. The van der Waals surface area contributed by atoms with Crippen molar-refractivity contribution >= 4 is 5.82 Å². The Kier molecular flexibility index (Phi) is 4.37. The molecule has 6 nitrogen and oxygen atoms in total. The van der Waals surface area contributed by atoms with Crippen LogP contribution in [0.2, 0.25) is 0 Å². The first-order valence-corrected chi connectivity index (χ1v) is 6.14. The van der Waals surface area contributed by atoms with Crippen LogP contribution in [-0.2, 0) is 6.61 Å². The van der Waals surface area contributed by atoms with Crippen molar-refractivity contribution in [3.63, 3.8) is 0 Å². The van der Waals surface area contributed by atoms with Crippen LogP contribution >= 0.6 is 0 Å². The fourth-order valence-corrected chi connectivity index (χ4v) is 1.79. The van der Waals surface area contributed by atoms with Gasteiger partial charge in [0.25, 0.3) is 0 Å². The maximum absolute atomic E-state index is 9.13. The third kappa shape index (κ3) is 2.80. The van der Waals surface area contributed by atoms with Crippen LogP contribution in [0, 0.1) is 6.92 Å². The monoisotopic (exact) mass is 275 g/mol. The molecule has 0 spiro atoms. The molecule has 0 amide bonds. The largest absolute Gasteiger partial charge is 0.493 e. The van der Waals surface area contributed by atoms with Gasteiger partial charge in [-0.3, -0.25) is 0 Å². The lowest BCUT2D eigenvalue weighted by molar-refractivity contribution is 0.280. The van der Waals surface area contributed by atoms with E-state index in [0.717, 1.165) is 11.1 Å². The first kappa shape index (κ1) is 14.1. The van der Waals surface area contributed by atoms with Gasteiger partial charge in [0.1, 0.15) is 12.1 Å². The second kappa shape index (κ2) is 6.21. The van der Waals surface area contributed by atoms with Gasteiger partial charge in [-0.25, -0.2) is 9.97 Å². The highest BCUT2D eigenvalue weighted by molar-refractivity contribution is 5.50. The summed E-state index contributed by atoms with van der Waals surface area (Å²) in [6.07, 6.45) is 1.43. The third-order valence-corrected chi connectivity index (χ3v) is 2.89. The molecular formula is C14H17N3O3. The highest BCUT2D eigenvalue weighted by Gasteiger charge is 2.11. The molecule has 0 radical (unpaired) electrons. The summed E-state index contributed by atoms with van der Waals surface area (Å²) in [5.74, 6) is 2.24. The lowest BCUT2D eigenvalue weighted by Gasteiger charge is -2.13. The maximum atomic E-state index is 9.13. The third-order valence-electron chi connectivity index (χ3n) is 2.89. The van der Waals surface area contributed by atoms with E-state index >= 15 is 0 Å². The van der Waals surface area contributed by atoms with Gasteiger partial charge in [-0.1, -0.05) is 6.07 Å². The summed E-state index contributed by atoms with van der Waals surface area (Å²) in [5.41, 5.74) is 1.56. The number of rotatable bonds is 5. The zero-order chi connectivity index (χ0) is 14.5. The minimum Gasteiger partial charge on any atom is -0.493 e. The van der Waals surface area contributed by atoms with Crippen molar-refractivity contribution < 1.29 is 14.6 Å². The van der Waals surface area contributed by atoms with Crippen LogP contribution in [0.1, 0.15) is 11.1 Å². The summed E-state index contributed by atoms with van der Waals surface area (Å²) < 4.78 is 11.0. The predicted octanol–water partition coefficient (Wildman–Crippen LogP) is 2.12. The molecule has 0 saturated heterocycles. The van der Waals surface area contributed by atoms with E-state index in [1.54, 1.807) is 32.4 Å². The van der Waals surface area contributed by atoms with E-state index in [-0.39, 0.29) is 6.61 Å². The summed E-state index contributed by atoms with van der Waals surface area (Å²) in [5, 5.41) is 12.1. The van der Waals surface area contributed by atoms with Gasteiger partial charge in [0.2, 0.25) is 5.88 Å². The molecule has 2 aromatic rings. The van der Waals surface area contributed by atoms with Crippen molar-refractivity contribution in [3.8, 4) is 17.4 Å². The lowest BCUT2D eigenvalue weighted by Crippen LogP contribution is -2.00. The molecule has 106 valence electrons. The van der Waals surface area contributed by atoms with E-state index in [4.69, 9.17) is 14.6 Å². The maximum Gasteiger partial charge on any atom is 0.227 e. The second-order valence-electron chi connectivity index (χ2n) is 4.15. The van der Waals surface area contributed by atoms with Crippen molar-refractivity contribution in [2.45, 2.75) is 13.5 Å². The Morgan fingerprint density at radius 1 is 1.25 bits per heavy atom. The SMILES string of the molecule is CNc1ncnc(Oc2ccc(CO)cc2OC)c1C.